The van der Waals surface area contributed by atoms with Crippen molar-refractivity contribution >= 4 is 27.1 Å². The Balaban J connectivity index is 1.67. The van der Waals surface area contributed by atoms with Crippen molar-refractivity contribution in [3.05, 3.63) is 36.5 Å². The van der Waals surface area contributed by atoms with Crippen LogP contribution in [-0.2, 0) is 16.6 Å². The second kappa shape index (κ2) is 5.62. The summed E-state index contributed by atoms with van der Waals surface area (Å²) < 4.78 is 34.1. The first-order chi connectivity index (χ1) is 11.6. The summed E-state index contributed by atoms with van der Waals surface area (Å²) in [7, 11) is -2.33. The van der Waals surface area contributed by atoms with Gasteiger partial charge in [0.25, 0.3) is 10.0 Å². The lowest BCUT2D eigenvalue weighted by molar-refractivity contribution is 0.258. The molecule has 1 aliphatic rings. The summed E-state index contributed by atoms with van der Waals surface area (Å²) in [6.07, 6.45) is 4.98. The highest BCUT2D eigenvalue weighted by Gasteiger charge is 2.30. The Hall–Kier alpha value is -2.35. The molecule has 2 aromatic heterocycles. The monoisotopic (exact) mass is 346 g/mol. The van der Waals surface area contributed by atoms with Gasteiger partial charge in [-0.1, -0.05) is 18.6 Å². The van der Waals surface area contributed by atoms with Crippen LogP contribution in [0.4, 0.5) is 6.01 Å². The molecule has 0 spiro atoms. The van der Waals surface area contributed by atoms with E-state index >= 15 is 0 Å². The highest BCUT2D eigenvalue weighted by Crippen LogP contribution is 2.30. The van der Waals surface area contributed by atoms with E-state index in [4.69, 9.17) is 4.42 Å². The first-order valence-corrected chi connectivity index (χ1v) is 9.36. The summed E-state index contributed by atoms with van der Waals surface area (Å²) in [5.74, 6) is 0.508. The lowest BCUT2D eigenvalue weighted by Gasteiger charge is -2.26. The van der Waals surface area contributed by atoms with Gasteiger partial charge in [0.15, 0.2) is 10.6 Å². The van der Waals surface area contributed by atoms with E-state index in [9.17, 15) is 8.42 Å². The first kappa shape index (κ1) is 15.2. The van der Waals surface area contributed by atoms with Gasteiger partial charge in [-0.2, -0.15) is 18.5 Å². The normalized spacial score (nSPS) is 15.5. The number of hydrogen-bond acceptors (Lipinski definition) is 5. The predicted molar refractivity (Wildman–Crippen MR) is 89.2 cm³/mol. The average Bonchev–Trinajstić information content (AvgIpc) is 3.16. The summed E-state index contributed by atoms with van der Waals surface area (Å²) in [6.45, 7) is 0.628. The Morgan fingerprint density at radius 3 is 2.79 bits per heavy atom. The lowest BCUT2D eigenvalue weighted by atomic mass is 9.85. The molecule has 0 radical (unpaired) electrons. The summed E-state index contributed by atoms with van der Waals surface area (Å²) >= 11 is 0. The zero-order chi connectivity index (χ0) is 16.7. The van der Waals surface area contributed by atoms with Crippen LogP contribution >= 0.6 is 0 Å². The standard InChI is InChI=1S/C16H18N4O3S/c1-19(16-18-13-7-2-3-8-14(13)23-16)24(21,22)15-9-10-17-20(15)11-12-5-4-6-12/h2-3,7-10,12H,4-6,11H2,1H3. The SMILES string of the molecule is CN(c1nc2ccccc2o1)S(=O)(=O)c1ccnn1CC1CCC1. The fourth-order valence-electron chi connectivity index (χ4n) is 2.83. The maximum atomic E-state index is 12.9. The van der Waals surface area contributed by atoms with Gasteiger partial charge >= 0.3 is 6.01 Å². The summed E-state index contributed by atoms with van der Waals surface area (Å²) in [6, 6.07) is 8.76. The number of sulfonamides is 1. The van der Waals surface area contributed by atoms with Crippen molar-refractivity contribution in [1.82, 2.24) is 14.8 Å². The number of para-hydroxylation sites is 2. The molecule has 8 heteroatoms. The molecule has 1 saturated carbocycles. The number of benzene rings is 1. The molecule has 126 valence electrons. The quantitative estimate of drug-likeness (QED) is 0.709. The van der Waals surface area contributed by atoms with Crippen LogP contribution in [-0.4, -0.2) is 30.2 Å². The number of aromatic nitrogens is 3. The summed E-state index contributed by atoms with van der Waals surface area (Å²) in [5, 5.41) is 4.35. The third kappa shape index (κ3) is 2.47. The van der Waals surface area contributed by atoms with Crippen LogP contribution in [0.1, 0.15) is 19.3 Å². The van der Waals surface area contributed by atoms with E-state index in [1.165, 1.54) is 25.7 Å². The smallest absolute Gasteiger partial charge is 0.312 e. The molecule has 2 heterocycles. The summed E-state index contributed by atoms with van der Waals surface area (Å²) in [4.78, 5) is 4.26. The van der Waals surface area contributed by atoms with E-state index in [2.05, 4.69) is 10.1 Å². The molecular formula is C16H18N4O3S. The van der Waals surface area contributed by atoms with Crippen LogP contribution in [0.15, 0.2) is 46.0 Å². The van der Waals surface area contributed by atoms with Crippen molar-refractivity contribution in [2.45, 2.75) is 30.8 Å². The minimum atomic E-state index is -3.78. The van der Waals surface area contributed by atoms with E-state index in [0.717, 1.165) is 17.1 Å². The molecule has 1 fully saturated rings. The van der Waals surface area contributed by atoms with Crippen molar-refractivity contribution in [3.8, 4) is 0 Å². The summed E-state index contributed by atoms with van der Waals surface area (Å²) in [5.41, 5.74) is 1.18. The topological polar surface area (TPSA) is 81.2 Å². The van der Waals surface area contributed by atoms with Gasteiger partial charge in [-0.25, -0.2) is 4.31 Å². The second-order valence-corrected chi connectivity index (χ2v) is 8.00. The van der Waals surface area contributed by atoms with Gasteiger partial charge in [0.2, 0.25) is 0 Å². The van der Waals surface area contributed by atoms with Crippen LogP contribution in [0, 0.1) is 5.92 Å². The third-order valence-electron chi connectivity index (χ3n) is 4.51. The van der Waals surface area contributed by atoms with Gasteiger partial charge in [0, 0.05) is 13.6 Å². The van der Waals surface area contributed by atoms with E-state index in [1.54, 1.807) is 16.8 Å². The zero-order valence-corrected chi connectivity index (χ0v) is 14.1. The Morgan fingerprint density at radius 1 is 1.29 bits per heavy atom. The van der Waals surface area contributed by atoms with Crippen LogP contribution < -0.4 is 4.31 Å². The van der Waals surface area contributed by atoms with Crippen molar-refractivity contribution in [2.24, 2.45) is 5.92 Å². The number of anilines is 1. The van der Waals surface area contributed by atoms with Crippen molar-refractivity contribution in [3.63, 3.8) is 0 Å². The molecular weight excluding hydrogens is 328 g/mol. The van der Waals surface area contributed by atoms with E-state index in [0.29, 0.717) is 23.6 Å². The fourth-order valence-corrected chi connectivity index (χ4v) is 4.02. The van der Waals surface area contributed by atoms with Crippen molar-refractivity contribution in [2.75, 3.05) is 11.4 Å². The molecule has 0 unspecified atom stereocenters. The van der Waals surface area contributed by atoms with Crippen LogP contribution in [0.3, 0.4) is 0 Å². The minimum absolute atomic E-state index is 0.0487. The van der Waals surface area contributed by atoms with Crippen molar-refractivity contribution in [1.29, 1.82) is 0 Å². The van der Waals surface area contributed by atoms with Gasteiger partial charge < -0.3 is 4.42 Å². The highest BCUT2D eigenvalue weighted by atomic mass is 32.2. The Labute approximate surface area is 139 Å². The molecule has 0 amide bonds. The predicted octanol–water partition coefficient (Wildman–Crippen LogP) is 2.65. The number of rotatable bonds is 5. The van der Waals surface area contributed by atoms with Crippen LogP contribution in [0.5, 0.6) is 0 Å². The molecule has 0 aliphatic heterocycles. The van der Waals surface area contributed by atoms with Crippen LogP contribution in [0.2, 0.25) is 0 Å². The number of nitrogens with zero attached hydrogens (tertiary/aromatic N) is 4. The molecule has 0 saturated heterocycles. The maximum absolute atomic E-state index is 12.9. The maximum Gasteiger partial charge on any atom is 0.312 e. The molecule has 1 aromatic carbocycles. The Morgan fingerprint density at radius 2 is 2.08 bits per heavy atom. The molecule has 0 N–H and O–H groups in total. The fraction of sp³-hybridized carbons (Fsp3) is 0.375. The number of oxazole rings is 1. The Bertz CT molecular complexity index is 939. The highest BCUT2D eigenvalue weighted by molar-refractivity contribution is 7.92. The Kier molecular flexibility index (Phi) is 3.56. The minimum Gasteiger partial charge on any atom is -0.423 e. The molecule has 24 heavy (non-hydrogen) atoms. The number of fused-ring (bicyclic) bond motifs is 1. The molecule has 1 aliphatic carbocycles. The average molecular weight is 346 g/mol. The van der Waals surface area contributed by atoms with Gasteiger partial charge in [0.05, 0.1) is 6.20 Å². The van der Waals surface area contributed by atoms with E-state index in [1.807, 2.05) is 12.1 Å². The molecule has 7 nitrogen and oxygen atoms in total. The van der Waals surface area contributed by atoms with E-state index in [-0.39, 0.29) is 11.0 Å². The number of hydrogen-bond donors (Lipinski definition) is 0. The lowest BCUT2D eigenvalue weighted by Crippen LogP contribution is -2.30. The van der Waals surface area contributed by atoms with Crippen molar-refractivity contribution < 1.29 is 12.8 Å². The second-order valence-electron chi connectivity index (χ2n) is 6.09. The molecule has 0 atom stereocenters. The largest absolute Gasteiger partial charge is 0.423 e. The zero-order valence-electron chi connectivity index (χ0n) is 13.3. The first-order valence-electron chi connectivity index (χ1n) is 7.92. The van der Waals surface area contributed by atoms with Gasteiger partial charge in [0.1, 0.15) is 5.52 Å². The van der Waals surface area contributed by atoms with Gasteiger partial charge in [-0.05, 0) is 37.0 Å². The molecule has 0 bridgehead atoms. The molecule has 4 rings (SSSR count). The van der Waals surface area contributed by atoms with Gasteiger partial charge in [-0.15, -0.1) is 0 Å². The van der Waals surface area contributed by atoms with E-state index < -0.39 is 10.0 Å². The molecule has 3 aromatic rings. The third-order valence-corrected chi connectivity index (χ3v) is 6.26. The van der Waals surface area contributed by atoms with Crippen LogP contribution in [0.25, 0.3) is 11.1 Å². The van der Waals surface area contributed by atoms with Gasteiger partial charge in [-0.3, -0.25) is 4.68 Å².